The van der Waals surface area contributed by atoms with Crippen LogP contribution in [0, 0.1) is 5.92 Å². The summed E-state index contributed by atoms with van der Waals surface area (Å²) in [6.07, 6.45) is 1.35. The van der Waals surface area contributed by atoms with E-state index in [1.807, 2.05) is 0 Å². The van der Waals surface area contributed by atoms with Crippen LogP contribution in [0.5, 0.6) is 11.5 Å². The number of benzene rings is 1. The Morgan fingerprint density at radius 2 is 2.00 bits per heavy atom. The molecule has 1 saturated heterocycles. The average molecular weight is 334 g/mol. The van der Waals surface area contributed by atoms with Gasteiger partial charge in [-0.2, -0.15) is 0 Å². The summed E-state index contributed by atoms with van der Waals surface area (Å²) in [7, 11) is 1.60. The maximum absolute atomic E-state index is 12.6. The van der Waals surface area contributed by atoms with E-state index in [4.69, 9.17) is 14.2 Å². The minimum absolute atomic E-state index is 0.0356. The van der Waals surface area contributed by atoms with Crippen molar-refractivity contribution in [3.05, 3.63) is 23.8 Å². The molecule has 0 spiro atoms. The van der Waals surface area contributed by atoms with Crippen molar-refractivity contribution in [2.75, 3.05) is 40.1 Å². The Morgan fingerprint density at radius 1 is 1.25 bits per heavy atom. The molecule has 1 aromatic carbocycles. The SMILES string of the molecule is COCCNC(=O)C1CCN(C(=O)c2ccc3c(c2)OCO3)CC1. The Kier molecular flexibility index (Phi) is 5.20. The van der Waals surface area contributed by atoms with Crippen molar-refractivity contribution in [3.63, 3.8) is 0 Å². The highest BCUT2D eigenvalue weighted by Crippen LogP contribution is 2.33. The lowest BCUT2D eigenvalue weighted by atomic mass is 9.95. The van der Waals surface area contributed by atoms with Gasteiger partial charge in [-0.25, -0.2) is 0 Å². The number of piperidine rings is 1. The summed E-state index contributed by atoms with van der Waals surface area (Å²) in [6, 6.07) is 5.22. The first-order chi connectivity index (χ1) is 11.7. The lowest BCUT2D eigenvalue weighted by molar-refractivity contribution is -0.126. The van der Waals surface area contributed by atoms with Crippen molar-refractivity contribution in [1.82, 2.24) is 10.2 Å². The molecular weight excluding hydrogens is 312 g/mol. The van der Waals surface area contributed by atoms with Gasteiger partial charge in [0.1, 0.15) is 0 Å². The Labute approximate surface area is 140 Å². The first-order valence-electron chi connectivity index (χ1n) is 8.14. The number of ether oxygens (including phenoxy) is 3. The van der Waals surface area contributed by atoms with Crippen LogP contribution in [0.2, 0.25) is 0 Å². The standard InChI is InChI=1S/C17H22N2O5/c1-22-9-6-18-16(20)12-4-7-19(8-5-12)17(21)13-2-3-14-15(10-13)24-11-23-14/h2-3,10,12H,4-9,11H2,1H3,(H,18,20). The molecule has 0 aromatic heterocycles. The maximum atomic E-state index is 12.6. The molecule has 0 saturated carbocycles. The molecule has 3 rings (SSSR count). The zero-order chi connectivity index (χ0) is 16.9. The van der Waals surface area contributed by atoms with Gasteiger partial charge in [-0.05, 0) is 31.0 Å². The molecule has 0 bridgehead atoms. The van der Waals surface area contributed by atoms with Crippen LogP contribution in [-0.2, 0) is 9.53 Å². The van der Waals surface area contributed by atoms with Crippen molar-refractivity contribution < 1.29 is 23.8 Å². The van der Waals surface area contributed by atoms with E-state index in [1.165, 1.54) is 0 Å². The highest BCUT2D eigenvalue weighted by molar-refractivity contribution is 5.95. The number of carbonyl (C=O) groups is 2. The fourth-order valence-electron chi connectivity index (χ4n) is 2.98. The van der Waals surface area contributed by atoms with E-state index < -0.39 is 0 Å². The minimum Gasteiger partial charge on any atom is -0.454 e. The van der Waals surface area contributed by atoms with Gasteiger partial charge in [-0.1, -0.05) is 0 Å². The Balaban J connectivity index is 1.53. The van der Waals surface area contributed by atoms with Crippen LogP contribution in [-0.4, -0.2) is 56.9 Å². The van der Waals surface area contributed by atoms with Gasteiger partial charge < -0.3 is 24.4 Å². The number of carbonyl (C=O) groups excluding carboxylic acids is 2. The molecule has 24 heavy (non-hydrogen) atoms. The third-order valence-electron chi connectivity index (χ3n) is 4.38. The van der Waals surface area contributed by atoms with Crippen LogP contribution in [0.3, 0.4) is 0 Å². The maximum Gasteiger partial charge on any atom is 0.253 e. The van der Waals surface area contributed by atoms with Crippen molar-refractivity contribution in [1.29, 1.82) is 0 Å². The molecular formula is C17H22N2O5. The third kappa shape index (κ3) is 3.62. The molecule has 130 valence electrons. The number of nitrogens with one attached hydrogen (secondary N) is 1. The van der Waals surface area contributed by atoms with Crippen LogP contribution in [0.1, 0.15) is 23.2 Å². The fraction of sp³-hybridized carbons (Fsp3) is 0.529. The van der Waals surface area contributed by atoms with E-state index in [1.54, 1.807) is 30.2 Å². The highest BCUT2D eigenvalue weighted by atomic mass is 16.7. The number of rotatable bonds is 5. The smallest absolute Gasteiger partial charge is 0.253 e. The zero-order valence-corrected chi connectivity index (χ0v) is 13.7. The lowest BCUT2D eigenvalue weighted by Gasteiger charge is -2.31. The second-order valence-electron chi connectivity index (χ2n) is 5.92. The summed E-state index contributed by atoms with van der Waals surface area (Å²) in [5, 5.41) is 2.86. The summed E-state index contributed by atoms with van der Waals surface area (Å²) in [6.45, 7) is 2.38. The van der Waals surface area contributed by atoms with Gasteiger partial charge >= 0.3 is 0 Å². The van der Waals surface area contributed by atoms with E-state index in [9.17, 15) is 9.59 Å². The lowest BCUT2D eigenvalue weighted by Crippen LogP contribution is -2.43. The normalized spacial score (nSPS) is 17.0. The van der Waals surface area contributed by atoms with Gasteiger partial charge in [0.05, 0.1) is 6.61 Å². The van der Waals surface area contributed by atoms with Gasteiger partial charge in [-0.15, -0.1) is 0 Å². The molecule has 2 heterocycles. The van der Waals surface area contributed by atoms with Crippen molar-refractivity contribution in [2.45, 2.75) is 12.8 Å². The topological polar surface area (TPSA) is 77.1 Å². The second-order valence-corrected chi connectivity index (χ2v) is 5.92. The number of hydrogen-bond donors (Lipinski definition) is 1. The zero-order valence-electron chi connectivity index (χ0n) is 13.7. The molecule has 7 heteroatoms. The van der Waals surface area contributed by atoms with Gasteiger partial charge in [0.25, 0.3) is 5.91 Å². The first kappa shape index (κ1) is 16.6. The summed E-state index contributed by atoms with van der Waals surface area (Å²) in [5.74, 6) is 1.24. The Bertz CT molecular complexity index is 611. The van der Waals surface area contributed by atoms with Gasteiger partial charge in [0, 0.05) is 38.2 Å². The molecule has 7 nitrogen and oxygen atoms in total. The monoisotopic (exact) mass is 334 g/mol. The highest BCUT2D eigenvalue weighted by Gasteiger charge is 2.28. The van der Waals surface area contributed by atoms with Crippen LogP contribution < -0.4 is 14.8 Å². The molecule has 0 aliphatic carbocycles. The van der Waals surface area contributed by atoms with E-state index in [2.05, 4.69) is 5.32 Å². The molecule has 2 aliphatic rings. The van der Waals surface area contributed by atoms with Gasteiger partial charge in [0.2, 0.25) is 12.7 Å². The summed E-state index contributed by atoms with van der Waals surface area (Å²) in [4.78, 5) is 26.4. The van der Waals surface area contributed by atoms with Crippen molar-refractivity contribution >= 4 is 11.8 Å². The van der Waals surface area contributed by atoms with Gasteiger partial charge in [-0.3, -0.25) is 9.59 Å². The number of amides is 2. The quantitative estimate of drug-likeness (QED) is 0.814. The van der Waals surface area contributed by atoms with E-state index in [0.29, 0.717) is 56.1 Å². The molecule has 1 fully saturated rings. The average Bonchev–Trinajstić information content (AvgIpc) is 3.09. The van der Waals surface area contributed by atoms with Crippen LogP contribution in [0.25, 0.3) is 0 Å². The molecule has 0 atom stereocenters. The minimum atomic E-state index is -0.0392. The summed E-state index contributed by atoms with van der Waals surface area (Å²) in [5.41, 5.74) is 0.585. The first-order valence-corrected chi connectivity index (χ1v) is 8.14. The van der Waals surface area contributed by atoms with Crippen molar-refractivity contribution in [2.24, 2.45) is 5.92 Å². The molecule has 1 aromatic rings. The van der Waals surface area contributed by atoms with E-state index in [-0.39, 0.29) is 24.5 Å². The largest absolute Gasteiger partial charge is 0.454 e. The Morgan fingerprint density at radius 3 is 2.75 bits per heavy atom. The van der Waals surface area contributed by atoms with Crippen LogP contribution in [0.4, 0.5) is 0 Å². The third-order valence-corrected chi connectivity index (χ3v) is 4.38. The number of methoxy groups -OCH3 is 1. The number of nitrogens with zero attached hydrogens (tertiary/aromatic N) is 1. The van der Waals surface area contributed by atoms with Crippen molar-refractivity contribution in [3.8, 4) is 11.5 Å². The molecule has 2 amide bonds. The second kappa shape index (κ2) is 7.53. The fourth-order valence-corrected chi connectivity index (χ4v) is 2.98. The molecule has 0 unspecified atom stereocenters. The van der Waals surface area contributed by atoms with E-state index in [0.717, 1.165) is 0 Å². The molecule has 2 aliphatic heterocycles. The van der Waals surface area contributed by atoms with Crippen LogP contribution in [0.15, 0.2) is 18.2 Å². The summed E-state index contributed by atoms with van der Waals surface area (Å²) < 4.78 is 15.5. The van der Waals surface area contributed by atoms with Gasteiger partial charge in [0.15, 0.2) is 11.5 Å². The number of hydrogen-bond acceptors (Lipinski definition) is 5. The molecule has 1 N–H and O–H groups in total. The molecule has 0 radical (unpaired) electrons. The summed E-state index contributed by atoms with van der Waals surface area (Å²) >= 11 is 0. The predicted octanol–water partition coefficient (Wildman–Crippen LogP) is 1.03. The van der Waals surface area contributed by atoms with E-state index >= 15 is 0 Å². The predicted molar refractivity (Wildman–Crippen MR) is 86.1 cm³/mol. The number of fused-ring (bicyclic) bond motifs is 1. The number of likely N-dealkylation sites (tertiary alicyclic amines) is 1. The Hall–Kier alpha value is -2.28. The van der Waals surface area contributed by atoms with Crippen LogP contribution >= 0.6 is 0 Å².